The zero-order chi connectivity index (χ0) is 13.8. The number of halogens is 1. The first kappa shape index (κ1) is 13.5. The quantitative estimate of drug-likeness (QED) is 0.856. The fraction of sp³-hybridized carbons (Fsp3) is 0.385. The molecule has 5 nitrogen and oxygen atoms in total. The zero-order valence-corrected chi connectivity index (χ0v) is 10.2. The van der Waals surface area contributed by atoms with Crippen molar-refractivity contribution in [2.45, 2.75) is 25.0 Å². The van der Waals surface area contributed by atoms with Crippen molar-refractivity contribution in [1.29, 1.82) is 5.26 Å². The van der Waals surface area contributed by atoms with Gasteiger partial charge in [-0.15, -0.1) is 0 Å². The minimum atomic E-state index is -0.660. The third-order valence-electron chi connectivity index (χ3n) is 3.05. The van der Waals surface area contributed by atoms with Crippen LogP contribution in [0.3, 0.4) is 0 Å². The Morgan fingerprint density at radius 3 is 3.00 bits per heavy atom. The normalized spacial score (nSPS) is 21.9. The van der Waals surface area contributed by atoms with Crippen LogP contribution in [0, 0.1) is 17.1 Å². The third kappa shape index (κ3) is 2.89. The molecule has 2 atom stereocenters. The van der Waals surface area contributed by atoms with E-state index in [0.717, 1.165) is 6.42 Å². The number of benzene rings is 1. The van der Waals surface area contributed by atoms with Crippen molar-refractivity contribution < 1.29 is 13.9 Å². The van der Waals surface area contributed by atoms with Gasteiger partial charge in [0.2, 0.25) is 0 Å². The van der Waals surface area contributed by atoms with E-state index in [1.165, 1.54) is 18.2 Å². The molecule has 6 heteroatoms. The molecule has 100 valence electrons. The third-order valence-corrected chi connectivity index (χ3v) is 3.05. The van der Waals surface area contributed by atoms with Crippen LogP contribution < -0.4 is 11.1 Å². The molecular weight excluding hydrogens is 249 g/mol. The lowest BCUT2D eigenvalue weighted by molar-refractivity contribution is -0.126. The summed E-state index contributed by atoms with van der Waals surface area (Å²) < 4.78 is 18.8. The highest BCUT2D eigenvalue weighted by Gasteiger charge is 2.30. The van der Waals surface area contributed by atoms with E-state index in [9.17, 15) is 9.18 Å². The van der Waals surface area contributed by atoms with Gasteiger partial charge in [0.15, 0.2) is 0 Å². The predicted molar refractivity (Wildman–Crippen MR) is 66.7 cm³/mol. The molecule has 3 N–H and O–H groups in total. The molecule has 0 saturated carbocycles. The Labute approximate surface area is 110 Å². The van der Waals surface area contributed by atoms with Crippen molar-refractivity contribution in [1.82, 2.24) is 0 Å². The van der Waals surface area contributed by atoms with Crippen LogP contribution in [0.25, 0.3) is 0 Å². The van der Waals surface area contributed by atoms with Crippen molar-refractivity contribution in [2.75, 3.05) is 11.9 Å². The van der Waals surface area contributed by atoms with Gasteiger partial charge in [-0.3, -0.25) is 4.79 Å². The molecule has 1 aromatic rings. The van der Waals surface area contributed by atoms with Crippen LogP contribution in [0.5, 0.6) is 0 Å². The first-order chi connectivity index (χ1) is 9.15. The van der Waals surface area contributed by atoms with Gasteiger partial charge in [-0.05, 0) is 25.0 Å². The van der Waals surface area contributed by atoms with Gasteiger partial charge in [0.1, 0.15) is 23.6 Å². The predicted octanol–water partition coefficient (Wildman–Crippen LogP) is 1.14. The molecule has 1 aromatic carbocycles. The average molecular weight is 263 g/mol. The van der Waals surface area contributed by atoms with E-state index in [0.29, 0.717) is 13.0 Å². The summed E-state index contributed by atoms with van der Waals surface area (Å²) in [6.07, 6.45) is 0.593. The number of carbonyl (C=O) groups is 1. The van der Waals surface area contributed by atoms with Gasteiger partial charge >= 0.3 is 0 Å². The molecule has 0 bridgehead atoms. The molecule has 19 heavy (non-hydrogen) atoms. The van der Waals surface area contributed by atoms with Crippen molar-refractivity contribution in [3.8, 4) is 6.07 Å². The van der Waals surface area contributed by atoms with Crippen LogP contribution >= 0.6 is 0 Å². The van der Waals surface area contributed by atoms with E-state index in [1.54, 1.807) is 6.07 Å². The highest BCUT2D eigenvalue weighted by Crippen LogP contribution is 2.22. The van der Waals surface area contributed by atoms with Gasteiger partial charge in [0, 0.05) is 6.54 Å². The van der Waals surface area contributed by atoms with E-state index in [-0.39, 0.29) is 23.3 Å². The molecule has 1 fully saturated rings. The van der Waals surface area contributed by atoms with Gasteiger partial charge in [-0.2, -0.15) is 5.26 Å². The van der Waals surface area contributed by atoms with E-state index in [1.807, 2.05) is 0 Å². The Kier molecular flexibility index (Phi) is 4.10. The van der Waals surface area contributed by atoms with Crippen molar-refractivity contribution in [3.05, 3.63) is 29.6 Å². The Morgan fingerprint density at radius 1 is 1.58 bits per heavy atom. The summed E-state index contributed by atoms with van der Waals surface area (Å²) in [4.78, 5) is 11.9. The van der Waals surface area contributed by atoms with E-state index in [4.69, 9.17) is 15.7 Å². The molecule has 0 radical (unpaired) electrons. The van der Waals surface area contributed by atoms with Crippen LogP contribution in [0.15, 0.2) is 18.2 Å². The molecule has 1 aliphatic heterocycles. The number of nitrogens with one attached hydrogen (secondary N) is 1. The molecule has 2 rings (SSSR count). The molecule has 0 aliphatic carbocycles. The minimum Gasteiger partial charge on any atom is -0.364 e. The fourth-order valence-electron chi connectivity index (χ4n) is 2.03. The lowest BCUT2D eigenvalue weighted by atomic mass is 10.1. The van der Waals surface area contributed by atoms with Gasteiger partial charge in [-0.25, -0.2) is 4.39 Å². The summed E-state index contributed by atoms with van der Waals surface area (Å²) in [6.45, 7) is 0.368. The van der Waals surface area contributed by atoms with E-state index in [2.05, 4.69) is 5.32 Å². The molecule has 0 spiro atoms. The molecule has 1 saturated heterocycles. The Bertz CT molecular complexity index is 527. The van der Waals surface area contributed by atoms with E-state index < -0.39 is 11.9 Å². The Balaban J connectivity index is 2.08. The number of hydrogen-bond donors (Lipinski definition) is 2. The summed E-state index contributed by atoms with van der Waals surface area (Å²) in [5, 5.41) is 11.4. The highest BCUT2D eigenvalue weighted by molar-refractivity contribution is 5.95. The molecule has 1 amide bonds. The maximum Gasteiger partial charge on any atom is 0.253 e. The first-order valence-corrected chi connectivity index (χ1v) is 6.00. The number of hydrogen-bond acceptors (Lipinski definition) is 4. The van der Waals surface area contributed by atoms with Gasteiger partial charge in [0.25, 0.3) is 5.91 Å². The van der Waals surface area contributed by atoms with E-state index >= 15 is 0 Å². The molecular formula is C13H14FN3O2. The highest BCUT2D eigenvalue weighted by atomic mass is 19.1. The SMILES string of the molecule is N#Cc1c(F)cccc1NC(=O)C1CCC(CN)O1. The van der Waals surface area contributed by atoms with Crippen LogP contribution in [0.1, 0.15) is 18.4 Å². The lowest BCUT2D eigenvalue weighted by Gasteiger charge is -2.13. The maximum atomic E-state index is 13.4. The average Bonchev–Trinajstić information content (AvgIpc) is 2.88. The number of ether oxygens (including phenoxy) is 1. The number of nitrogens with two attached hydrogens (primary N) is 1. The summed E-state index contributed by atoms with van der Waals surface area (Å²) in [5.74, 6) is -1.04. The number of amides is 1. The van der Waals surface area contributed by atoms with Gasteiger partial charge in [-0.1, -0.05) is 6.07 Å². The van der Waals surface area contributed by atoms with Crippen molar-refractivity contribution in [2.24, 2.45) is 5.73 Å². The fourth-order valence-corrected chi connectivity index (χ4v) is 2.03. The Morgan fingerprint density at radius 2 is 2.37 bits per heavy atom. The zero-order valence-electron chi connectivity index (χ0n) is 10.2. The molecule has 1 aliphatic rings. The second-order valence-corrected chi connectivity index (χ2v) is 4.32. The summed E-state index contributed by atoms with van der Waals surface area (Å²) >= 11 is 0. The maximum absolute atomic E-state index is 13.4. The molecule has 0 aromatic heterocycles. The summed E-state index contributed by atoms with van der Waals surface area (Å²) in [5.41, 5.74) is 5.45. The van der Waals surface area contributed by atoms with Crippen molar-refractivity contribution >= 4 is 11.6 Å². The number of nitriles is 1. The smallest absolute Gasteiger partial charge is 0.253 e. The second kappa shape index (κ2) is 5.78. The monoisotopic (exact) mass is 263 g/mol. The van der Waals surface area contributed by atoms with Gasteiger partial charge in [0.05, 0.1) is 11.8 Å². The van der Waals surface area contributed by atoms with Crippen molar-refractivity contribution in [3.63, 3.8) is 0 Å². The number of carbonyl (C=O) groups excluding carboxylic acids is 1. The number of nitrogens with zero attached hydrogens (tertiary/aromatic N) is 1. The van der Waals surface area contributed by atoms with Crippen LogP contribution in [-0.2, 0) is 9.53 Å². The van der Waals surface area contributed by atoms with Gasteiger partial charge < -0.3 is 15.8 Å². The molecule has 2 unspecified atom stereocenters. The number of anilines is 1. The first-order valence-electron chi connectivity index (χ1n) is 6.00. The Hall–Kier alpha value is -1.97. The lowest BCUT2D eigenvalue weighted by Crippen LogP contribution is -2.30. The minimum absolute atomic E-state index is 0.112. The standard InChI is InChI=1S/C13H14FN3O2/c14-10-2-1-3-11(9(10)7-16)17-13(18)12-5-4-8(6-15)19-12/h1-3,8,12H,4-6,15H2,(H,17,18). The van der Waals surface area contributed by atoms with Crippen LogP contribution in [-0.4, -0.2) is 24.7 Å². The molecule has 1 heterocycles. The summed E-state index contributed by atoms with van der Waals surface area (Å²) in [6, 6.07) is 5.82. The van der Waals surface area contributed by atoms with Crippen LogP contribution in [0.4, 0.5) is 10.1 Å². The topological polar surface area (TPSA) is 88.1 Å². The second-order valence-electron chi connectivity index (χ2n) is 4.32. The summed E-state index contributed by atoms with van der Waals surface area (Å²) in [7, 11) is 0. The number of rotatable bonds is 3. The van der Waals surface area contributed by atoms with Crippen LogP contribution in [0.2, 0.25) is 0 Å². The largest absolute Gasteiger partial charge is 0.364 e.